The van der Waals surface area contributed by atoms with Gasteiger partial charge < -0.3 is 10.2 Å². The normalized spacial score (nSPS) is 11.2. The molecule has 0 aliphatic heterocycles. The standard InChI is InChI=1S/C11H21N3S/c1-4-11-13-10(9-15-11)8-12-6-5-7-14(2)3/h9,12H,4-8H2,1-3H3. The molecule has 0 aliphatic rings. The summed E-state index contributed by atoms with van der Waals surface area (Å²) in [4.78, 5) is 6.72. The fraction of sp³-hybridized carbons (Fsp3) is 0.727. The van der Waals surface area contributed by atoms with Crippen LogP contribution in [0.2, 0.25) is 0 Å². The van der Waals surface area contributed by atoms with Gasteiger partial charge in [0.25, 0.3) is 0 Å². The average Bonchev–Trinajstić information content (AvgIpc) is 2.65. The third kappa shape index (κ3) is 5.25. The summed E-state index contributed by atoms with van der Waals surface area (Å²) >= 11 is 1.76. The molecule has 15 heavy (non-hydrogen) atoms. The molecule has 3 nitrogen and oxygen atoms in total. The molecule has 0 saturated carbocycles. The Hall–Kier alpha value is -0.450. The van der Waals surface area contributed by atoms with Gasteiger partial charge in [0.05, 0.1) is 10.7 Å². The van der Waals surface area contributed by atoms with Crippen molar-refractivity contribution in [3.8, 4) is 0 Å². The molecule has 1 rings (SSSR count). The number of nitrogens with zero attached hydrogens (tertiary/aromatic N) is 2. The molecule has 0 fully saturated rings. The minimum atomic E-state index is 0.907. The van der Waals surface area contributed by atoms with E-state index in [2.05, 4.69) is 41.6 Å². The minimum absolute atomic E-state index is 0.907. The number of aromatic nitrogens is 1. The lowest BCUT2D eigenvalue weighted by Crippen LogP contribution is -2.21. The van der Waals surface area contributed by atoms with E-state index in [9.17, 15) is 0 Å². The van der Waals surface area contributed by atoms with E-state index in [1.54, 1.807) is 11.3 Å². The SMILES string of the molecule is CCc1nc(CNCCCN(C)C)cs1. The summed E-state index contributed by atoms with van der Waals surface area (Å²) in [5.41, 5.74) is 1.18. The molecule has 0 spiro atoms. The topological polar surface area (TPSA) is 28.2 Å². The maximum Gasteiger partial charge on any atom is 0.0926 e. The van der Waals surface area contributed by atoms with Crippen LogP contribution in [-0.4, -0.2) is 37.1 Å². The van der Waals surface area contributed by atoms with Gasteiger partial charge in [-0.3, -0.25) is 0 Å². The molecule has 0 radical (unpaired) electrons. The van der Waals surface area contributed by atoms with Crippen LogP contribution in [0.1, 0.15) is 24.0 Å². The van der Waals surface area contributed by atoms with Gasteiger partial charge in [0, 0.05) is 11.9 Å². The number of rotatable bonds is 7. The van der Waals surface area contributed by atoms with Crippen molar-refractivity contribution < 1.29 is 0 Å². The molecule has 4 heteroatoms. The van der Waals surface area contributed by atoms with Gasteiger partial charge in [-0.1, -0.05) is 6.92 Å². The van der Waals surface area contributed by atoms with Crippen molar-refractivity contribution in [2.24, 2.45) is 0 Å². The van der Waals surface area contributed by atoms with Gasteiger partial charge in [0.2, 0.25) is 0 Å². The van der Waals surface area contributed by atoms with Gasteiger partial charge in [0.15, 0.2) is 0 Å². The van der Waals surface area contributed by atoms with Crippen molar-refractivity contribution in [1.29, 1.82) is 0 Å². The number of hydrogen-bond donors (Lipinski definition) is 1. The zero-order valence-electron chi connectivity index (χ0n) is 9.92. The molecule has 0 aromatic carbocycles. The quantitative estimate of drug-likeness (QED) is 0.719. The highest BCUT2D eigenvalue weighted by molar-refractivity contribution is 7.09. The van der Waals surface area contributed by atoms with Gasteiger partial charge in [0.1, 0.15) is 0 Å². The molecule has 0 amide bonds. The smallest absolute Gasteiger partial charge is 0.0926 e. The second-order valence-electron chi connectivity index (χ2n) is 3.92. The predicted octanol–water partition coefficient (Wildman–Crippen LogP) is 1.75. The van der Waals surface area contributed by atoms with Gasteiger partial charge in [-0.25, -0.2) is 4.98 Å². The first-order chi connectivity index (χ1) is 7.22. The van der Waals surface area contributed by atoms with Crippen LogP contribution in [0.15, 0.2) is 5.38 Å². The van der Waals surface area contributed by atoms with Crippen LogP contribution in [0.4, 0.5) is 0 Å². The van der Waals surface area contributed by atoms with Gasteiger partial charge in [-0.2, -0.15) is 0 Å². The lowest BCUT2D eigenvalue weighted by atomic mass is 10.4. The van der Waals surface area contributed by atoms with E-state index in [-0.39, 0.29) is 0 Å². The van der Waals surface area contributed by atoms with Crippen molar-refractivity contribution in [1.82, 2.24) is 15.2 Å². The Bertz CT molecular complexity index is 271. The first kappa shape index (κ1) is 12.6. The Labute approximate surface area is 96.5 Å². The lowest BCUT2D eigenvalue weighted by molar-refractivity contribution is 0.394. The molecule has 1 aromatic rings. The molecular weight excluding hydrogens is 206 g/mol. The van der Waals surface area contributed by atoms with Crippen LogP contribution in [0.5, 0.6) is 0 Å². The van der Waals surface area contributed by atoms with Crippen LogP contribution >= 0.6 is 11.3 Å². The zero-order valence-corrected chi connectivity index (χ0v) is 10.7. The largest absolute Gasteiger partial charge is 0.311 e. The molecule has 0 saturated heterocycles. The van der Waals surface area contributed by atoms with E-state index < -0.39 is 0 Å². The highest BCUT2D eigenvalue weighted by Crippen LogP contribution is 2.09. The van der Waals surface area contributed by atoms with Crippen LogP contribution in [0.3, 0.4) is 0 Å². The van der Waals surface area contributed by atoms with Crippen molar-refractivity contribution in [3.63, 3.8) is 0 Å². The Morgan fingerprint density at radius 3 is 2.87 bits per heavy atom. The number of hydrogen-bond acceptors (Lipinski definition) is 4. The van der Waals surface area contributed by atoms with E-state index in [1.165, 1.54) is 17.1 Å². The fourth-order valence-electron chi connectivity index (χ4n) is 1.33. The van der Waals surface area contributed by atoms with Crippen LogP contribution < -0.4 is 5.32 Å². The second kappa shape index (κ2) is 6.93. The first-order valence-electron chi connectivity index (χ1n) is 5.51. The summed E-state index contributed by atoms with van der Waals surface area (Å²) in [6.45, 7) is 5.26. The predicted molar refractivity (Wildman–Crippen MR) is 66.4 cm³/mol. The molecule has 0 aliphatic carbocycles. The summed E-state index contributed by atoms with van der Waals surface area (Å²) in [7, 11) is 4.21. The molecule has 1 N–H and O–H groups in total. The molecule has 0 atom stereocenters. The summed E-state index contributed by atoms with van der Waals surface area (Å²) in [5, 5.41) is 6.80. The summed E-state index contributed by atoms with van der Waals surface area (Å²) in [6.07, 6.45) is 2.24. The molecule has 0 bridgehead atoms. The highest BCUT2D eigenvalue weighted by atomic mass is 32.1. The van der Waals surface area contributed by atoms with E-state index in [4.69, 9.17) is 0 Å². The monoisotopic (exact) mass is 227 g/mol. The second-order valence-corrected chi connectivity index (χ2v) is 4.86. The Balaban J connectivity index is 2.09. The fourth-order valence-corrected chi connectivity index (χ4v) is 2.07. The lowest BCUT2D eigenvalue weighted by Gasteiger charge is -2.08. The van der Waals surface area contributed by atoms with E-state index in [0.717, 1.165) is 26.1 Å². The van der Waals surface area contributed by atoms with Crippen LogP contribution in [-0.2, 0) is 13.0 Å². The van der Waals surface area contributed by atoms with Gasteiger partial charge in [-0.05, 0) is 40.0 Å². The summed E-state index contributed by atoms with van der Waals surface area (Å²) in [6, 6.07) is 0. The third-order valence-electron chi connectivity index (χ3n) is 2.17. The maximum absolute atomic E-state index is 4.51. The Morgan fingerprint density at radius 1 is 1.47 bits per heavy atom. The molecule has 1 aromatic heterocycles. The van der Waals surface area contributed by atoms with E-state index in [0.29, 0.717) is 0 Å². The van der Waals surface area contributed by atoms with E-state index >= 15 is 0 Å². The Kier molecular flexibility index (Phi) is 5.83. The number of nitrogens with one attached hydrogen (secondary N) is 1. The van der Waals surface area contributed by atoms with Crippen molar-refractivity contribution in [2.45, 2.75) is 26.3 Å². The summed E-state index contributed by atoms with van der Waals surface area (Å²) < 4.78 is 0. The van der Waals surface area contributed by atoms with Gasteiger partial charge in [-0.15, -0.1) is 11.3 Å². The van der Waals surface area contributed by atoms with Crippen molar-refractivity contribution >= 4 is 11.3 Å². The molecular formula is C11H21N3S. The average molecular weight is 227 g/mol. The van der Waals surface area contributed by atoms with Crippen molar-refractivity contribution in [3.05, 3.63) is 16.1 Å². The molecule has 1 heterocycles. The van der Waals surface area contributed by atoms with Gasteiger partial charge >= 0.3 is 0 Å². The molecule has 0 unspecified atom stereocenters. The highest BCUT2D eigenvalue weighted by Gasteiger charge is 1.99. The zero-order chi connectivity index (χ0) is 11.1. The number of aryl methyl sites for hydroxylation is 1. The summed E-state index contributed by atoms with van der Waals surface area (Å²) in [5.74, 6) is 0. The first-order valence-corrected chi connectivity index (χ1v) is 6.39. The van der Waals surface area contributed by atoms with E-state index in [1.807, 2.05) is 0 Å². The Morgan fingerprint density at radius 2 is 2.27 bits per heavy atom. The van der Waals surface area contributed by atoms with Crippen LogP contribution in [0.25, 0.3) is 0 Å². The third-order valence-corrected chi connectivity index (χ3v) is 3.21. The van der Waals surface area contributed by atoms with Crippen molar-refractivity contribution in [2.75, 3.05) is 27.2 Å². The van der Waals surface area contributed by atoms with Crippen LogP contribution in [0, 0.1) is 0 Å². The minimum Gasteiger partial charge on any atom is -0.311 e. The number of thiazole rings is 1. The molecule has 86 valence electrons. The maximum atomic E-state index is 4.51.